The van der Waals surface area contributed by atoms with Gasteiger partial charge in [-0.25, -0.2) is 0 Å². The number of methoxy groups -OCH3 is 1. The first-order chi connectivity index (χ1) is 9.64. The summed E-state index contributed by atoms with van der Waals surface area (Å²) in [6.45, 7) is 4.50. The molecule has 20 heavy (non-hydrogen) atoms. The third kappa shape index (κ3) is 3.51. The van der Waals surface area contributed by atoms with Crippen LogP contribution in [0.15, 0.2) is 24.3 Å². The molecular weight excluding hydrogens is 254 g/mol. The first-order valence-corrected chi connectivity index (χ1v) is 7.16. The fourth-order valence-corrected chi connectivity index (χ4v) is 2.34. The van der Waals surface area contributed by atoms with Crippen molar-refractivity contribution in [3.63, 3.8) is 0 Å². The fraction of sp³-hybridized carbons (Fsp3) is 0.562. The Bertz CT molecular complexity index is 433. The normalized spacial score (nSPS) is 13.6. The van der Waals surface area contributed by atoms with E-state index in [0.717, 1.165) is 24.2 Å². The summed E-state index contributed by atoms with van der Waals surface area (Å²) in [5.74, 6) is 0.477. The molecule has 0 heterocycles. The first-order valence-electron chi connectivity index (χ1n) is 7.16. The summed E-state index contributed by atoms with van der Waals surface area (Å²) in [5, 5.41) is 0. The third-order valence-corrected chi connectivity index (χ3v) is 3.59. The smallest absolute Gasteiger partial charge is 0.317 e. The van der Waals surface area contributed by atoms with Crippen LogP contribution in [0.3, 0.4) is 0 Å². The average Bonchev–Trinajstić information content (AvgIpc) is 2.49. The molecule has 0 aliphatic rings. The van der Waals surface area contributed by atoms with Crippen molar-refractivity contribution in [2.45, 2.75) is 38.5 Å². The molecule has 112 valence electrons. The van der Waals surface area contributed by atoms with Crippen molar-refractivity contribution in [3.05, 3.63) is 29.8 Å². The van der Waals surface area contributed by atoms with Crippen LogP contribution in [0.1, 0.15) is 38.7 Å². The number of carbonyl (C=O) groups is 1. The summed E-state index contributed by atoms with van der Waals surface area (Å²) in [6, 6.07) is 7.53. The van der Waals surface area contributed by atoms with Crippen molar-refractivity contribution in [2.24, 2.45) is 5.73 Å². The lowest BCUT2D eigenvalue weighted by atomic mass is 9.76. The highest BCUT2D eigenvalue weighted by atomic mass is 16.5. The van der Waals surface area contributed by atoms with E-state index in [-0.39, 0.29) is 12.5 Å². The predicted octanol–water partition coefficient (Wildman–Crippen LogP) is 2.65. The van der Waals surface area contributed by atoms with Crippen molar-refractivity contribution in [2.75, 3.05) is 20.3 Å². The van der Waals surface area contributed by atoms with E-state index < -0.39 is 5.41 Å². The van der Waals surface area contributed by atoms with Gasteiger partial charge in [-0.15, -0.1) is 0 Å². The van der Waals surface area contributed by atoms with Crippen LogP contribution in [0.5, 0.6) is 5.75 Å². The maximum atomic E-state index is 12.5. The highest BCUT2D eigenvalue weighted by molar-refractivity contribution is 5.83. The monoisotopic (exact) mass is 279 g/mol. The van der Waals surface area contributed by atoms with Crippen LogP contribution in [0.4, 0.5) is 0 Å². The lowest BCUT2D eigenvalue weighted by Crippen LogP contribution is -2.44. The Kier molecular flexibility index (Phi) is 6.52. The maximum absolute atomic E-state index is 12.5. The summed E-state index contributed by atoms with van der Waals surface area (Å²) >= 11 is 0. The van der Waals surface area contributed by atoms with E-state index in [2.05, 4.69) is 6.92 Å². The van der Waals surface area contributed by atoms with Crippen molar-refractivity contribution in [1.82, 2.24) is 0 Å². The molecule has 0 fully saturated rings. The van der Waals surface area contributed by atoms with Gasteiger partial charge in [0.1, 0.15) is 11.2 Å². The minimum absolute atomic E-state index is 0.235. The second-order valence-corrected chi connectivity index (χ2v) is 4.84. The minimum atomic E-state index is -0.777. The lowest BCUT2D eigenvalue weighted by Gasteiger charge is -2.31. The van der Waals surface area contributed by atoms with Crippen molar-refractivity contribution < 1.29 is 14.3 Å². The molecule has 0 spiro atoms. The standard InChI is InChI=1S/C16H25NO3/c1-4-6-10-16(12-17,15(18)20-5-2)13-8-7-9-14(11-13)19-3/h7-9,11H,4-6,10,12,17H2,1-3H3/t16-/m0/s1. The Morgan fingerprint density at radius 1 is 1.35 bits per heavy atom. The summed E-state index contributed by atoms with van der Waals surface area (Å²) in [7, 11) is 1.61. The molecule has 0 bridgehead atoms. The molecule has 0 aliphatic carbocycles. The summed E-state index contributed by atoms with van der Waals surface area (Å²) in [4.78, 5) is 12.5. The SMILES string of the molecule is CCCC[C@@](CN)(C(=O)OCC)c1cccc(OC)c1. The molecule has 0 unspecified atom stereocenters. The molecule has 0 aliphatic heterocycles. The van der Waals surface area contributed by atoms with Gasteiger partial charge in [0.2, 0.25) is 0 Å². The van der Waals surface area contributed by atoms with Gasteiger partial charge in [-0.3, -0.25) is 4.79 Å². The second kappa shape index (κ2) is 7.90. The Labute approximate surface area is 121 Å². The van der Waals surface area contributed by atoms with E-state index in [1.807, 2.05) is 31.2 Å². The van der Waals surface area contributed by atoms with Crippen LogP contribution < -0.4 is 10.5 Å². The van der Waals surface area contributed by atoms with E-state index >= 15 is 0 Å². The Balaban J connectivity index is 3.21. The highest BCUT2D eigenvalue weighted by Gasteiger charge is 2.40. The molecule has 0 radical (unpaired) electrons. The molecule has 0 amide bonds. The fourth-order valence-electron chi connectivity index (χ4n) is 2.34. The number of rotatable bonds is 8. The van der Waals surface area contributed by atoms with Gasteiger partial charge in [0, 0.05) is 6.54 Å². The van der Waals surface area contributed by atoms with Crippen LogP contribution in [0, 0.1) is 0 Å². The number of unbranched alkanes of at least 4 members (excludes halogenated alkanes) is 1. The number of hydrogen-bond acceptors (Lipinski definition) is 4. The van der Waals surface area contributed by atoms with Crippen LogP contribution in [0.2, 0.25) is 0 Å². The second-order valence-electron chi connectivity index (χ2n) is 4.84. The third-order valence-electron chi connectivity index (χ3n) is 3.59. The predicted molar refractivity (Wildman–Crippen MR) is 79.9 cm³/mol. The van der Waals surface area contributed by atoms with Crippen molar-refractivity contribution >= 4 is 5.97 Å². The number of nitrogens with two attached hydrogens (primary N) is 1. The quantitative estimate of drug-likeness (QED) is 0.743. The van der Waals surface area contributed by atoms with Gasteiger partial charge in [0.15, 0.2) is 0 Å². The van der Waals surface area contributed by atoms with E-state index in [4.69, 9.17) is 15.2 Å². The van der Waals surface area contributed by atoms with E-state index in [1.165, 1.54) is 0 Å². The summed E-state index contributed by atoms with van der Waals surface area (Å²) in [6.07, 6.45) is 2.62. The van der Waals surface area contributed by atoms with Crippen molar-refractivity contribution in [1.29, 1.82) is 0 Å². The molecule has 1 atom stereocenters. The molecule has 0 saturated carbocycles. The zero-order valence-corrected chi connectivity index (χ0v) is 12.6. The van der Waals surface area contributed by atoms with Gasteiger partial charge < -0.3 is 15.2 Å². The van der Waals surface area contributed by atoms with Gasteiger partial charge in [0.05, 0.1) is 13.7 Å². The van der Waals surface area contributed by atoms with Gasteiger partial charge in [-0.05, 0) is 31.0 Å². The maximum Gasteiger partial charge on any atom is 0.317 e. The number of esters is 1. The largest absolute Gasteiger partial charge is 0.497 e. The van der Waals surface area contributed by atoms with Crippen LogP contribution in [-0.2, 0) is 14.9 Å². The molecule has 4 heteroatoms. The van der Waals surface area contributed by atoms with Crippen LogP contribution in [-0.4, -0.2) is 26.2 Å². The number of hydrogen-bond donors (Lipinski definition) is 1. The summed E-state index contributed by atoms with van der Waals surface area (Å²) in [5.41, 5.74) is 6.05. The summed E-state index contributed by atoms with van der Waals surface area (Å²) < 4.78 is 10.5. The molecule has 0 aromatic heterocycles. The van der Waals surface area contributed by atoms with E-state index in [9.17, 15) is 4.79 Å². The Hall–Kier alpha value is -1.55. The van der Waals surface area contributed by atoms with Crippen LogP contribution in [0.25, 0.3) is 0 Å². The number of benzene rings is 1. The Morgan fingerprint density at radius 3 is 2.65 bits per heavy atom. The number of carbonyl (C=O) groups excluding carboxylic acids is 1. The molecule has 0 saturated heterocycles. The Morgan fingerprint density at radius 2 is 2.10 bits per heavy atom. The average molecular weight is 279 g/mol. The zero-order valence-electron chi connectivity index (χ0n) is 12.6. The lowest BCUT2D eigenvalue weighted by molar-refractivity contribution is -0.150. The molecule has 1 aromatic rings. The first kappa shape index (κ1) is 16.5. The highest BCUT2D eigenvalue weighted by Crippen LogP contribution is 2.32. The van der Waals surface area contributed by atoms with Gasteiger partial charge in [-0.1, -0.05) is 31.9 Å². The minimum Gasteiger partial charge on any atom is -0.497 e. The van der Waals surface area contributed by atoms with E-state index in [0.29, 0.717) is 13.0 Å². The topological polar surface area (TPSA) is 61.6 Å². The molecule has 1 rings (SSSR count). The molecule has 1 aromatic carbocycles. The van der Waals surface area contributed by atoms with Crippen molar-refractivity contribution in [3.8, 4) is 5.75 Å². The number of ether oxygens (including phenoxy) is 2. The van der Waals surface area contributed by atoms with Crippen LogP contribution >= 0.6 is 0 Å². The van der Waals surface area contributed by atoms with Gasteiger partial charge >= 0.3 is 5.97 Å². The van der Waals surface area contributed by atoms with E-state index in [1.54, 1.807) is 7.11 Å². The molecule has 4 nitrogen and oxygen atoms in total. The molecule has 2 N–H and O–H groups in total. The van der Waals surface area contributed by atoms with Gasteiger partial charge in [-0.2, -0.15) is 0 Å². The zero-order chi connectivity index (χ0) is 15.0. The molecular formula is C16H25NO3. The van der Waals surface area contributed by atoms with Gasteiger partial charge in [0.25, 0.3) is 0 Å².